The molecule has 0 saturated carbocycles. The van der Waals surface area contributed by atoms with Gasteiger partial charge >= 0.3 is 6.09 Å². The van der Waals surface area contributed by atoms with E-state index in [1.807, 2.05) is 56.3 Å². The van der Waals surface area contributed by atoms with Gasteiger partial charge in [-0.05, 0) is 25.8 Å². The molecular formula is C29H47NO4. The second-order valence-corrected chi connectivity index (χ2v) is 10.0. The van der Waals surface area contributed by atoms with E-state index in [0.717, 1.165) is 24.8 Å². The number of benzene rings is 1. The number of aliphatic hydroxyl groups excluding tert-OH is 1. The molecular weight excluding hydrogens is 426 g/mol. The first kappa shape index (κ1) is 28.4. The maximum absolute atomic E-state index is 12.8. The topological polar surface area (TPSA) is 59.0 Å². The van der Waals surface area contributed by atoms with Gasteiger partial charge in [-0.15, -0.1) is 0 Å². The minimum atomic E-state index is -0.746. The monoisotopic (exact) mass is 473 g/mol. The van der Waals surface area contributed by atoms with Crippen molar-refractivity contribution in [2.45, 2.75) is 122 Å². The van der Waals surface area contributed by atoms with Gasteiger partial charge in [0.15, 0.2) is 0 Å². The molecule has 1 aliphatic rings. The second kappa shape index (κ2) is 15.9. The molecule has 1 amide bonds. The summed E-state index contributed by atoms with van der Waals surface area (Å²) in [5, 5.41) is 10.4. The highest BCUT2D eigenvalue weighted by Crippen LogP contribution is 2.29. The predicted molar refractivity (Wildman–Crippen MR) is 139 cm³/mol. The summed E-state index contributed by atoms with van der Waals surface area (Å²) < 4.78 is 11.4. The number of hydrogen-bond acceptors (Lipinski definition) is 4. The lowest BCUT2D eigenvalue weighted by molar-refractivity contribution is -0.0480. The number of nitrogens with zero attached hydrogens (tertiary/aromatic N) is 1. The maximum atomic E-state index is 12.8. The zero-order valence-electron chi connectivity index (χ0n) is 21.7. The van der Waals surface area contributed by atoms with Gasteiger partial charge in [-0.25, -0.2) is 4.79 Å². The molecule has 0 aliphatic carbocycles. The highest BCUT2D eigenvalue weighted by molar-refractivity contribution is 5.69. The Morgan fingerprint density at radius 1 is 1.06 bits per heavy atom. The summed E-state index contributed by atoms with van der Waals surface area (Å²) in [6.45, 7) is 6.62. The normalized spacial score (nSPS) is 18.5. The van der Waals surface area contributed by atoms with Crippen LogP contribution in [-0.4, -0.2) is 40.6 Å². The van der Waals surface area contributed by atoms with Crippen molar-refractivity contribution in [2.75, 3.05) is 6.61 Å². The summed E-state index contributed by atoms with van der Waals surface area (Å²) in [5.41, 5.74) is 0.201. The molecule has 34 heavy (non-hydrogen) atoms. The number of carbonyl (C=O) groups excluding carboxylic acids is 1. The minimum Gasteiger partial charge on any atom is -0.444 e. The molecule has 0 spiro atoms. The van der Waals surface area contributed by atoms with E-state index in [4.69, 9.17) is 9.47 Å². The van der Waals surface area contributed by atoms with Crippen molar-refractivity contribution in [1.29, 1.82) is 0 Å². The van der Waals surface area contributed by atoms with Crippen LogP contribution in [0.1, 0.15) is 103 Å². The van der Waals surface area contributed by atoms with E-state index in [0.29, 0.717) is 6.61 Å². The van der Waals surface area contributed by atoms with Crippen LogP contribution < -0.4 is 0 Å². The van der Waals surface area contributed by atoms with Crippen LogP contribution in [0.5, 0.6) is 0 Å². The summed E-state index contributed by atoms with van der Waals surface area (Å²) in [4.78, 5) is 14.4. The summed E-state index contributed by atoms with van der Waals surface area (Å²) in [6, 6.07) is 9.40. The number of aliphatic hydroxyl groups is 1. The Bertz CT molecular complexity index is 703. The van der Waals surface area contributed by atoms with Crippen LogP contribution in [-0.2, 0) is 16.1 Å². The molecule has 5 heteroatoms. The molecule has 1 fully saturated rings. The highest BCUT2D eigenvalue weighted by Gasteiger charge is 2.43. The van der Waals surface area contributed by atoms with Gasteiger partial charge < -0.3 is 14.6 Å². The Balaban J connectivity index is 1.65. The Labute approximate surface area is 207 Å². The largest absolute Gasteiger partial charge is 0.444 e. The molecule has 1 N–H and O–H groups in total. The Morgan fingerprint density at radius 2 is 1.65 bits per heavy atom. The van der Waals surface area contributed by atoms with Crippen LogP contribution in [0.15, 0.2) is 42.5 Å². The third-order valence-corrected chi connectivity index (χ3v) is 6.58. The Kier molecular flexibility index (Phi) is 13.3. The van der Waals surface area contributed by atoms with Crippen LogP contribution in [0.25, 0.3) is 0 Å². The number of carbonyl (C=O) groups is 1. The summed E-state index contributed by atoms with van der Waals surface area (Å²) in [7, 11) is 0. The molecule has 192 valence electrons. The third-order valence-electron chi connectivity index (χ3n) is 6.58. The van der Waals surface area contributed by atoms with Crippen molar-refractivity contribution in [3.8, 4) is 0 Å². The first-order chi connectivity index (χ1) is 16.4. The molecule has 2 rings (SSSR count). The number of hydrogen-bond donors (Lipinski definition) is 1. The van der Waals surface area contributed by atoms with Crippen LogP contribution >= 0.6 is 0 Å². The quantitative estimate of drug-likeness (QED) is 0.201. The van der Waals surface area contributed by atoms with Crippen molar-refractivity contribution in [1.82, 2.24) is 4.90 Å². The fraction of sp³-hybridized carbons (Fsp3) is 0.690. The predicted octanol–water partition coefficient (Wildman–Crippen LogP) is 7.38. The van der Waals surface area contributed by atoms with Gasteiger partial charge in [0, 0.05) is 0 Å². The molecule has 0 bridgehead atoms. The lowest BCUT2D eigenvalue weighted by Gasteiger charge is -2.31. The first-order valence-corrected chi connectivity index (χ1v) is 13.4. The fourth-order valence-corrected chi connectivity index (χ4v) is 4.49. The first-order valence-electron chi connectivity index (χ1n) is 13.4. The van der Waals surface area contributed by atoms with Crippen LogP contribution in [0, 0.1) is 0 Å². The van der Waals surface area contributed by atoms with Crippen molar-refractivity contribution in [3.05, 3.63) is 48.0 Å². The van der Waals surface area contributed by atoms with E-state index < -0.39 is 17.9 Å². The van der Waals surface area contributed by atoms with E-state index in [1.54, 1.807) is 4.90 Å². The standard InChI is InChI=1S/C29H47NO4/c1-4-5-6-7-8-9-10-11-12-13-17-20-27(31)22-21-26-24-34-29(2,3)30(26)28(32)33-23-25-18-15-14-16-19-25/h14-16,18-19,21-22,26-27,31H,4-13,17,20,23-24H2,1-3H3/b22-21+/t26-,27+/m1/s1. The molecule has 0 radical (unpaired) electrons. The number of amides is 1. The SMILES string of the molecule is CCCCCCCCCCCCC[C@H](O)/C=C/[C@@H]1COC(C)(C)N1C(=O)OCc1ccccc1. The smallest absolute Gasteiger partial charge is 0.412 e. The molecule has 0 aromatic heterocycles. The van der Waals surface area contributed by atoms with Crippen molar-refractivity contribution < 1.29 is 19.4 Å². The summed E-state index contributed by atoms with van der Waals surface area (Å²) in [5.74, 6) is 0. The summed E-state index contributed by atoms with van der Waals surface area (Å²) in [6.07, 6.45) is 17.8. The number of ether oxygens (including phenoxy) is 2. The molecule has 2 atom stereocenters. The molecule has 1 heterocycles. The second-order valence-electron chi connectivity index (χ2n) is 10.0. The number of rotatable bonds is 16. The van der Waals surface area contributed by atoms with E-state index in [2.05, 4.69) is 6.92 Å². The lowest BCUT2D eigenvalue weighted by Crippen LogP contribution is -2.47. The van der Waals surface area contributed by atoms with E-state index >= 15 is 0 Å². The van der Waals surface area contributed by atoms with Crippen molar-refractivity contribution in [2.24, 2.45) is 0 Å². The molecule has 1 saturated heterocycles. The summed E-state index contributed by atoms with van der Waals surface area (Å²) >= 11 is 0. The highest BCUT2D eigenvalue weighted by atomic mass is 16.6. The molecule has 0 unspecified atom stereocenters. The van der Waals surface area contributed by atoms with Gasteiger partial charge in [-0.3, -0.25) is 4.90 Å². The van der Waals surface area contributed by atoms with E-state index in [9.17, 15) is 9.90 Å². The average molecular weight is 474 g/mol. The van der Waals surface area contributed by atoms with Gasteiger partial charge in [0.1, 0.15) is 12.3 Å². The Morgan fingerprint density at radius 3 is 2.26 bits per heavy atom. The van der Waals surface area contributed by atoms with E-state index in [-0.39, 0.29) is 12.6 Å². The zero-order valence-corrected chi connectivity index (χ0v) is 21.7. The molecule has 1 aliphatic heterocycles. The number of unbranched alkanes of at least 4 members (excludes halogenated alkanes) is 10. The van der Waals surface area contributed by atoms with Crippen molar-refractivity contribution >= 4 is 6.09 Å². The van der Waals surface area contributed by atoms with Gasteiger partial charge in [0.05, 0.1) is 18.8 Å². The lowest BCUT2D eigenvalue weighted by atomic mass is 10.0. The minimum absolute atomic E-state index is 0.226. The maximum Gasteiger partial charge on any atom is 0.412 e. The van der Waals surface area contributed by atoms with Crippen LogP contribution in [0.3, 0.4) is 0 Å². The van der Waals surface area contributed by atoms with Gasteiger partial charge in [0.25, 0.3) is 0 Å². The third kappa shape index (κ3) is 10.6. The van der Waals surface area contributed by atoms with Crippen molar-refractivity contribution in [3.63, 3.8) is 0 Å². The molecule has 1 aromatic rings. The van der Waals surface area contributed by atoms with Crippen LogP contribution in [0.2, 0.25) is 0 Å². The van der Waals surface area contributed by atoms with Gasteiger partial charge in [-0.2, -0.15) is 0 Å². The van der Waals surface area contributed by atoms with Gasteiger partial charge in [-0.1, -0.05) is 120 Å². The molecule has 1 aromatic carbocycles. The van der Waals surface area contributed by atoms with Gasteiger partial charge in [0.2, 0.25) is 0 Å². The molecule has 5 nitrogen and oxygen atoms in total. The fourth-order valence-electron chi connectivity index (χ4n) is 4.49. The zero-order chi connectivity index (χ0) is 24.7. The van der Waals surface area contributed by atoms with Crippen LogP contribution in [0.4, 0.5) is 4.79 Å². The average Bonchev–Trinajstić information content (AvgIpc) is 3.14. The Hall–Kier alpha value is -1.85. The van der Waals surface area contributed by atoms with E-state index in [1.165, 1.54) is 57.8 Å².